The number of pyridine rings is 1. The molecule has 0 saturated carbocycles. The van der Waals surface area contributed by atoms with Crippen LogP contribution in [0.15, 0.2) is 53.5 Å². The highest BCUT2D eigenvalue weighted by atomic mass is 35.5. The van der Waals surface area contributed by atoms with Gasteiger partial charge in [-0.1, -0.05) is 23.2 Å². The number of thiophene rings is 1. The number of nitrogens with zero attached hydrogens (tertiary/aromatic N) is 2. The van der Waals surface area contributed by atoms with E-state index in [-0.39, 0.29) is 35.3 Å². The summed E-state index contributed by atoms with van der Waals surface area (Å²) < 4.78 is 12.3. The van der Waals surface area contributed by atoms with Crippen LogP contribution in [0.3, 0.4) is 0 Å². The molecule has 1 N–H and O–H groups in total. The molecule has 8 nitrogen and oxygen atoms in total. The standard InChI is InChI=1S/C21H17Cl2N3O5S/c1-30-16-3-2-8-25(20(16)28)15-5-4-12(9-14(15)22)26-11-13(31-21(26)29)10-24-19(27)17-6-7-18(23)32-17/h2-9,13H,10-11H2,1H3,(H,24,27)/t13-/m0/s1. The van der Waals surface area contributed by atoms with Crippen LogP contribution in [0.5, 0.6) is 5.75 Å². The molecule has 166 valence electrons. The van der Waals surface area contributed by atoms with Gasteiger partial charge in [0.1, 0.15) is 6.10 Å². The van der Waals surface area contributed by atoms with Crippen LogP contribution < -0.4 is 20.5 Å². The van der Waals surface area contributed by atoms with Crippen LogP contribution in [0.4, 0.5) is 10.5 Å². The van der Waals surface area contributed by atoms with Crippen molar-refractivity contribution in [3.63, 3.8) is 0 Å². The monoisotopic (exact) mass is 493 g/mol. The van der Waals surface area contributed by atoms with Crippen molar-refractivity contribution in [1.29, 1.82) is 0 Å². The van der Waals surface area contributed by atoms with Crippen LogP contribution in [0, 0.1) is 0 Å². The van der Waals surface area contributed by atoms with Gasteiger partial charge >= 0.3 is 6.09 Å². The minimum Gasteiger partial charge on any atom is -0.491 e. The van der Waals surface area contributed by atoms with E-state index in [4.69, 9.17) is 32.7 Å². The maximum absolute atomic E-state index is 12.5. The fraction of sp³-hybridized carbons (Fsp3) is 0.190. The zero-order valence-corrected chi connectivity index (χ0v) is 19.0. The predicted octanol–water partition coefficient (Wildman–Crippen LogP) is 3.97. The molecule has 4 rings (SSSR count). The Bertz CT molecular complexity index is 1240. The Hall–Kier alpha value is -3.01. The molecular weight excluding hydrogens is 477 g/mol. The predicted molar refractivity (Wildman–Crippen MR) is 123 cm³/mol. The number of carbonyl (C=O) groups excluding carboxylic acids is 2. The van der Waals surface area contributed by atoms with Gasteiger partial charge in [0.15, 0.2) is 5.75 Å². The van der Waals surface area contributed by atoms with Gasteiger partial charge in [-0.15, -0.1) is 11.3 Å². The molecule has 1 saturated heterocycles. The fourth-order valence-corrected chi connectivity index (χ4v) is 4.47. The van der Waals surface area contributed by atoms with Crippen LogP contribution in [0.1, 0.15) is 9.67 Å². The molecule has 0 unspecified atom stereocenters. The van der Waals surface area contributed by atoms with E-state index in [0.717, 1.165) is 0 Å². The summed E-state index contributed by atoms with van der Waals surface area (Å²) in [5, 5.41) is 3.01. The Balaban J connectivity index is 1.46. The van der Waals surface area contributed by atoms with Crippen LogP contribution >= 0.6 is 34.5 Å². The SMILES string of the molecule is COc1cccn(-c2ccc(N3C[C@H](CNC(=O)c4ccc(Cl)s4)OC3=O)cc2Cl)c1=O. The number of carbonyl (C=O) groups is 2. The Morgan fingerprint density at radius 2 is 2.06 bits per heavy atom. The summed E-state index contributed by atoms with van der Waals surface area (Å²) >= 11 is 13.4. The lowest BCUT2D eigenvalue weighted by molar-refractivity contribution is 0.0920. The number of cyclic esters (lactones) is 1. The van der Waals surface area contributed by atoms with Crippen molar-refractivity contribution < 1.29 is 19.1 Å². The Morgan fingerprint density at radius 3 is 2.75 bits per heavy atom. The van der Waals surface area contributed by atoms with Gasteiger partial charge in [0.25, 0.3) is 11.5 Å². The van der Waals surface area contributed by atoms with Gasteiger partial charge in [0.2, 0.25) is 0 Å². The van der Waals surface area contributed by atoms with E-state index in [1.165, 1.54) is 27.9 Å². The van der Waals surface area contributed by atoms with Crippen LogP contribution in [0.2, 0.25) is 9.36 Å². The van der Waals surface area contributed by atoms with E-state index in [2.05, 4.69) is 5.32 Å². The third-order valence-corrected chi connectivity index (χ3v) is 6.33. The number of nitrogens with one attached hydrogen (secondary N) is 1. The molecule has 0 bridgehead atoms. The van der Waals surface area contributed by atoms with Crippen LogP contribution in [-0.2, 0) is 4.74 Å². The number of anilines is 1. The minimum atomic E-state index is -0.550. The average Bonchev–Trinajstić information content (AvgIpc) is 3.38. The molecule has 0 aliphatic carbocycles. The van der Waals surface area contributed by atoms with Crippen LogP contribution in [-0.4, -0.2) is 42.9 Å². The van der Waals surface area contributed by atoms with Crippen molar-refractivity contribution in [2.24, 2.45) is 0 Å². The van der Waals surface area contributed by atoms with Gasteiger partial charge in [-0.2, -0.15) is 0 Å². The van der Waals surface area contributed by atoms with Gasteiger partial charge < -0.3 is 14.8 Å². The second-order valence-electron chi connectivity index (χ2n) is 6.82. The molecule has 1 fully saturated rings. The highest BCUT2D eigenvalue weighted by Gasteiger charge is 2.33. The van der Waals surface area contributed by atoms with Gasteiger partial charge in [0.05, 0.1) is 40.1 Å². The third-order valence-electron chi connectivity index (χ3n) is 4.80. The number of benzene rings is 1. The van der Waals surface area contributed by atoms with Gasteiger partial charge in [-0.3, -0.25) is 19.1 Å². The molecule has 3 aromatic rings. The van der Waals surface area contributed by atoms with E-state index >= 15 is 0 Å². The number of aromatic nitrogens is 1. The van der Waals surface area contributed by atoms with E-state index in [1.54, 1.807) is 48.7 Å². The first-order valence-electron chi connectivity index (χ1n) is 9.44. The molecule has 0 radical (unpaired) electrons. The minimum absolute atomic E-state index is 0.154. The maximum Gasteiger partial charge on any atom is 0.414 e. The molecule has 1 atom stereocenters. The molecular formula is C21H17Cl2N3O5S. The summed E-state index contributed by atoms with van der Waals surface area (Å²) in [6, 6.07) is 11.4. The normalized spacial score (nSPS) is 15.5. The number of ether oxygens (including phenoxy) is 2. The molecule has 2 aromatic heterocycles. The second kappa shape index (κ2) is 9.23. The lowest BCUT2D eigenvalue weighted by Gasteiger charge is -2.16. The summed E-state index contributed by atoms with van der Waals surface area (Å²) in [6.45, 7) is 0.390. The van der Waals surface area contributed by atoms with Crippen molar-refractivity contribution in [2.75, 3.05) is 25.1 Å². The zero-order valence-electron chi connectivity index (χ0n) is 16.7. The summed E-state index contributed by atoms with van der Waals surface area (Å²) in [6.07, 6.45) is 0.502. The van der Waals surface area contributed by atoms with Gasteiger partial charge in [-0.25, -0.2) is 4.79 Å². The zero-order chi connectivity index (χ0) is 22.8. The van der Waals surface area contributed by atoms with E-state index < -0.39 is 12.2 Å². The quantitative estimate of drug-likeness (QED) is 0.560. The van der Waals surface area contributed by atoms with E-state index in [0.29, 0.717) is 20.6 Å². The average molecular weight is 494 g/mol. The smallest absolute Gasteiger partial charge is 0.414 e. The number of hydrogen-bond acceptors (Lipinski definition) is 6. The largest absolute Gasteiger partial charge is 0.491 e. The third kappa shape index (κ3) is 4.45. The van der Waals surface area contributed by atoms with E-state index in [9.17, 15) is 14.4 Å². The fourth-order valence-electron chi connectivity index (χ4n) is 3.25. The lowest BCUT2D eigenvalue weighted by atomic mass is 10.2. The molecule has 32 heavy (non-hydrogen) atoms. The Morgan fingerprint density at radius 1 is 1.25 bits per heavy atom. The van der Waals surface area contributed by atoms with Gasteiger partial charge in [0, 0.05) is 11.9 Å². The molecule has 1 aliphatic heterocycles. The number of methoxy groups -OCH3 is 1. The Labute approximate surface area is 196 Å². The summed E-state index contributed by atoms with van der Waals surface area (Å²) in [5.74, 6) is -0.0991. The lowest BCUT2D eigenvalue weighted by Crippen LogP contribution is -2.34. The number of halogens is 2. The molecule has 0 spiro atoms. The highest BCUT2D eigenvalue weighted by molar-refractivity contribution is 7.18. The summed E-state index contributed by atoms with van der Waals surface area (Å²) in [7, 11) is 1.42. The number of hydrogen-bond donors (Lipinski definition) is 1. The number of amides is 2. The van der Waals surface area contributed by atoms with Crippen molar-refractivity contribution in [3.8, 4) is 11.4 Å². The summed E-state index contributed by atoms with van der Waals surface area (Å²) in [4.78, 5) is 38.9. The van der Waals surface area contributed by atoms with Crippen LogP contribution in [0.25, 0.3) is 5.69 Å². The Kier molecular flexibility index (Phi) is 6.40. The molecule has 1 aromatic carbocycles. The molecule has 3 heterocycles. The van der Waals surface area contributed by atoms with Gasteiger partial charge in [-0.05, 0) is 42.5 Å². The second-order valence-corrected chi connectivity index (χ2v) is 8.94. The van der Waals surface area contributed by atoms with Crippen molar-refractivity contribution >= 4 is 52.2 Å². The first-order chi connectivity index (χ1) is 15.4. The highest BCUT2D eigenvalue weighted by Crippen LogP contribution is 2.29. The van der Waals surface area contributed by atoms with E-state index in [1.807, 2.05) is 0 Å². The number of rotatable bonds is 6. The molecule has 1 aliphatic rings. The topological polar surface area (TPSA) is 89.9 Å². The first kappa shape index (κ1) is 22.2. The molecule has 2 amide bonds. The molecule has 11 heteroatoms. The first-order valence-corrected chi connectivity index (χ1v) is 11.0. The maximum atomic E-state index is 12.5. The summed E-state index contributed by atoms with van der Waals surface area (Å²) in [5.41, 5.74) is 0.608. The van der Waals surface area contributed by atoms with Crippen molar-refractivity contribution in [3.05, 3.63) is 73.3 Å². The van der Waals surface area contributed by atoms with Crippen molar-refractivity contribution in [2.45, 2.75) is 6.10 Å². The van der Waals surface area contributed by atoms with Crippen molar-refractivity contribution in [1.82, 2.24) is 9.88 Å².